The molecular weight excluding hydrogens is 362 g/mol. The smallest absolute Gasteiger partial charge is 0.345 e. The summed E-state index contributed by atoms with van der Waals surface area (Å²) in [5.74, 6) is -2.55. The molecule has 2 fully saturated rings. The van der Waals surface area contributed by atoms with Gasteiger partial charge in [0, 0.05) is 12.1 Å². The van der Waals surface area contributed by atoms with Gasteiger partial charge >= 0.3 is 23.2 Å². The van der Waals surface area contributed by atoms with Crippen molar-refractivity contribution in [1.29, 1.82) is 5.41 Å². The van der Waals surface area contributed by atoms with Crippen LogP contribution < -0.4 is 17.0 Å². The fraction of sp³-hybridized carbons (Fsp3) is 0.125. The Morgan fingerprint density at radius 1 is 0.889 bits per heavy atom. The molecule has 0 bridgehead atoms. The molecule has 0 spiro atoms. The first-order valence-corrected chi connectivity index (χ1v) is 7.50. The number of carbonyl (C=O) groups is 2. The second-order valence-corrected chi connectivity index (χ2v) is 5.65. The maximum atomic E-state index is 12.0. The Hall–Kier alpha value is -4.02. The molecule has 11 nitrogen and oxygen atoms in total. The molecule has 0 amide bonds. The maximum Gasteiger partial charge on any atom is 0.345 e. The second-order valence-electron chi connectivity index (χ2n) is 5.65. The molecule has 2 aliphatic rings. The van der Waals surface area contributed by atoms with Crippen molar-refractivity contribution in [2.75, 3.05) is 5.73 Å². The van der Waals surface area contributed by atoms with Crippen LogP contribution in [0.4, 0.5) is 11.8 Å². The molecule has 2 aromatic rings. The molecule has 2 aliphatic heterocycles. The quantitative estimate of drug-likeness (QED) is 0.534. The molecule has 0 saturated carbocycles. The Balaban J connectivity index is 1.75. The summed E-state index contributed by atoms with van der Waals surface area (Å²) < 4.78 is 19.3. The number of ether oxygens (including phenoxy) is 2. The zero-order chi connectivity index (χ0) is 19.3. The lowest BCUT2D eigenvalue weighted by atomic mass is 10.1. The minimum Gasteiger partial charge on any atom is -0.408 e. The van der Waals surface area contributed by atoms with Gasteiger partial charge in [0.2, 0.25) is 11.8 Å². The Labute approximate surface area is 148 Å². The highest BCUT2D eigenvalue weighted by Crippen LogP contribution is 2.28. The van der Waals surface area contributed by atoms with Crippen LogP contribution in [-0.2, 0) is 19.1 Å². The number of nitrogen functional groups attached to an aromatic ring is 1. The molecule has 136 valence electrons. The van der Waals surface area contributed by atoms with Gasteiger partial charge in [-0.2, -0.15) is 4.99 Å². The van der Waals surface area contributed by atoms with Gasteiger partial charge in [-0.3, -0.25) is 5.41 Å². The van der Waals surface area contributed by atoms with Crippen molar-refractivity contribution < 1.29 is 27.9 Å². The number of carbonyl (C=O) groups excluding carboxylic acids is 2. The van der Waals surface area contributed by atoms with E-state index in [1.165, 1.54) is 0 Å². The molecule has 2 saturated heterocycles. The van der Waals surface area contributed by atoms with Gasteiger partial charge in [-0.05, 0) is 0 Å². The Morgan fingerprint density at radius 2 is 1.52 bits per heavy atom. The van der Waals surface area contributed by atoms with Gasteiger partial charge in [0.15, 0.2) is 11.8 Å². The van der Waals surface area contributed by atoms with E-state index in [-0.39, 0.29) is 58.3 Å². The van der Waals surface area contributed by atoms with Crippen LogP contribution in [0.25, 0.3) is 10.8 Å². The van der Waals surface area contributed by atoms with Crippen molar-refractivity contribution in [3.8, 4) is 0 Å². The lowest BCUT2D eigenvalue weighted by Gasteiger charge is -1.99. The molecule has 0 atom stereocenters. The Morgan fingerprint density at radius 3 is 2.22 bits per heavy atom. The van der Waals surface area contributed by atoms with E-state index in [4.69, 9.17) is 24.7 Å². The molecule has 2 aromatic heterocycles. The predicted octanol–water partition coefficient (Wildman–Crippen LogP) is 0.526. The summed E-state index contributed by atoms with van der Waals surface area (Å²) >= 11 is 0. The molecule has 27 heavy (non-hydrogen) atoms. The minimum atomic E-state index is -0.873. The minimum absolute atomic E-state index is 0.0106. The van der Waals surface area contributed by atoms with Crippen molar-refractivity contribution in [3.63, 3.8) is 0 Å². The van der Waals surface area contributed by atoms with E-state index in [1.54, 1.807) is 0 Å². The highest BCUT2D eigenvalue weighted by atomic mass is 16.6. The number of cyclic esters (lactones) is 2. The average molecular weight is 371 g/mol. The largest absolute Gasteiger partial charge is 0.408 e. The van der Waals surface area contributed by atoms with E-state index in [0.29, 0.717) is 0 Å². The first-order chi connectivity index (χ1) is 12.8. The first kappa shape index (κ1) is 16.4. The number of esters is 2. The van der Waals surface area contributed by atoms with Crippen LogP contribution >= 0.6 is 0 Å². The van der Waals surface area contributed by atoms with Crippen molar-refractivity contribution >= 4 is 46.3 Å². The summed E-state index contributed by atoms with van der Waals surface area (Å²) in [6.45, 7) is 0. The van der Waals surface area contributed by atoms with E-state index in [0.717, 1.165) is 12.1 Å². The van der Waals surface area contributed by atoms with Crippen molar-refractivity contribution in [1.82, 2.24) is 0 Å². The molecule has 3 N–H and O–H groups in total. The molecule has 0 aliphatic carbocycles. The standard InChI is InChI=1S/C16H9N3O8/c17-9-1-5(13(20)24-9)8-4-12(27-16(8)23)19-11-3-7-6(15(22)26-11)2-10(18)25-14(7)21/h2-3,17H,1,4,18H2/b8-5+,17-9?,19-12?. The van der Waals surface area contributed by atoms with Crippen molar-refractivity contribution in [3.05, 3.63) is 44.1 Å². The lowest BCUT2D eigenvalue weighted by molar-refractivity contribution is -0.132. The molecule has 4 rings (SSSR count). The number of hydrogen-bond acceptors (Lipinski definition) is 11. The summed E-state index contributed by atoms with van der Waals surface area (Å²) in [5.41, 5.74) is 3.69. The van der Waals surface area contributed by atoms with Crippen LogP contribution in [0.3, 0.4) is 0 Å². The van der Waals surface area contributed by atoms with Crippen LogP contribution in [0.5, 0.6) is 0 Å². The Bertz CT molecular complexity index is 1230. The summed E-state index contributed by atoms with van der Waals surface area (Å²) in [5, 5.41) is 7.17. The SMILES string of the molecule is N=C1C/C(=C2/CC(=Nc3cc4c(=O)oc(N)cc4c(=O)o3)OC2=O)C(=O)O1. The van der Waals surface area contributed by atoms with Crippen LogP contribution in [0.2, 0.25) is 0 Å². The molecular formula is C16H9N3O8. The van der Waals surface area contributed by atoms with E-state index >= 15 is 0 Å². The third-order valence-corrected chi connectivity index (χ3v) is 3.88. The predicted molar refractivity (Wildman–Crippen MR) is 88.7 cm³/mol. The van der Waals surface area contributed by atoms with Gasteiger partial charge in [-0.25, -0.2) is 19.2 Å². The maximum absolute atomic E-state index is 12.0. The summed E-state index contributed by atoms with van der Waals surface area (Å²) in [7, 11) is 0. The average Bonchev–Trinajstić information content (AvgIpc) is 3.10. The molecule has 4 heterocycles. The van der Waals surface area contributed by atoms with Gasteiger partial charge in [0.05, 0.1) is 34.8 Å². The third kappa shape index (κ3) is 2.80. The number of rotatable bonds is 1. The van der Waals surface area contributed by atoms with Crippen LogP contribution in [-0.4, -0.2) is 23.7 Å². The number of nitrogens with one attached hydrogen (secondary N) is 1. The van der Waals surface area contributed by atoms with E-state index in [2.05, 4.69) is 9.73 Å². The van der Waals surface area contributed by atoms with Gasteiger partial charge in [-0.1, -0.05) is 0 Å². The third-order valence-electron chi connectivity index (χ3n) is 3.88. The molecule has 0 unspecified atom stereocenters. The zero-order valence-corrected chi connectivity index (χ0v) is 13.4. The number of hydrogen-bond donors (Lipinski definition) is 2. The summed E-state index contributed by atoms with van der Waals surface area (Å²) in [4.78, 5) is 51.4. The van der Waals surface area contributed by atoms with Gasteiger partial charge < -0.3 is 24.0 Å². The van der Waals surface area contributed by atoms with E-state index in [1.807, 2.05) is 0 Å². The van der Waals surface area contributed by atoms with Crippen molar-refractivity contribution in [2.45, 2.75) is 12.8 Å². The Kier molecular flexibility index (Phi) is 3.51. The van der Waals surface area contributed by atoms with Crippen molar-refractivity contribution in [2.24, 2.45) is 4.99 Å². The monoisotopic (exact) mass is 371 g/mol. The van der Waals surface area contributed by atoms with E-state index in [9.17, 15) is 19.2 Å². The number of anilines is 1. The second kappa shape index (κ2) is 5.76. The fourth-order valence-corrected chi connectivity index (χ4v) is 2.70. The molecule has 11 heteroatoms. The van der Waals surface area contributed by atoms with Crippen LogP contribution in [0, 0.1) is 5.41 Å². The summed E-state index contributed by atoms with van der Waals surface area (Å²) in [6.07, 6.45) is -0.279. The number of nitrogens with two attached hydrogens (primary N) is 1. The normalized spacial score (nSPS) is 21.2. The van der Waals surface area contributed by atoms with Gasteiger partial charge in [0.25, 0.3) is 0 Å². The molecule has 0 aromatic carbocycles. The molecule has 0 radical (unpaired) electrons. The summed E-state index contributed by atoms with van der Waals surface area (Å²) in [6, 6.07) is 2.30. The van der Waals surface area contributed by atoms with Gasteiger partial charge in [-0.15, -0.1) is 0 Å². The van der Waals surface area contributed by atoms with Crippen LogP contribution in [0.15, 0.2) is 46.7 Å². The number of fused-ring (bicyclic) bond motifs is 1. The zero-order valence-electron chi connectivity index (χ0n) is 13.4. The number of aliphatic imine (C=N–C) groups is 1. The van der Waals surface area contributed by atoms with E-state index < -0.39 is 23.2 Å². The highest BCUT2D eigenvalue weighted by Gasteiger charge is 2.36. The highest BCUT2D eigenvalue weighted by molar-refractivity contribution is 6.16. The van der Waals surface area contributed by atoms with Crippen LogP contribution in [0.1, 0.15) is 12.8 Å². The number of nitrogens with zero attached hydrogens (tertiary/aromatic N) is 1. The topological polar surface area (TPSA) is 175 Å². The lowest BCUT2D eigenvalue weighted by Crippen LogP contribution is -2.09. The first-order valence-electron chi connectivity index (χ1n) is 7.50. The van der Waals surface area contributed by atoms with Gasteiger partial charge in [0.1, 0.15) is 0 Å². The fourth-order valence-electron chi connectivity index (χ4n) is 2.70.